The maximum atomic E-state index is 9.10. The standard InChI is InChI=1S/C4H10O2.C2H2O4/c1-2-4(6)3-5;3-1(4)2(5)6/h4-6H,2-3H2,1H3;(H,3,4)(H,5,6). The molecule has 0 aliphatic carbocycles. The molecule has 0 amide bonds. The Morgan fingerprint density at radius 2 is 1.58 bits per heavy atom. The summed E-state index contributed by atoms with van der Waals surface area (Å²) >= 11 is 0. The van der Waals surface area contributed by atoms with Crippen LogP contribution >= 0.6 is 0 Å². The first-order valence-electron chi connectivity index (χ1n) is 3.20. The van der Waals surface area contributed by atoms with Gasteiger partial charge in [-0.25, -0.2) is 9.59 Å². The number of hydrogen-bond acceptors (Lipinski definition) is 4. The molecule has 0 aromatic heterocycles. The molecule has 0 saturated carbocycles. The van der Waals surface area contributed by atoms with Crippen molar-refractivity contribution in [2.75, 3.05) is 6.61 Å². The van der Waals surface area contributed by atoms with Crippen molar-refractivity contribution < 1.29 is 30.0 Å². The monoisotopic (exact) mass is 180 g/mol. The zero-order valence-corrected chi connectivity index (χ0v) is 6.60. The fraction of sp³-hybridized carbons (Fsp3) is 0.667. The molecule has 6 heteroatoms. The Morgan fingerprint density at radius 3 is 1.58 bits per heavy atom. The summed E-state index contributed by atoms with van der Waals surface area (Å²) in [7, 11) is 0. The van der Waals surface area contributed by atoms with Gasteiger partial charge < -0.3 is 20.4 Å². The number of carboxylic acids is 2. The van der Waals surface area contributed by atoms with Gasteiger partial charge in [-0.15, -0.1) is 0 Å². The summed E-state index contributed by atoms with van der Waals surface area (Å²) in [6.45, 7) is 1.71. The number of carbonyl (C=O) groups is 2. The molecule has 0 spiro atoms. The van der Waals surface area contributed by atoms with E-state index in [4.69, 9.17) is 30.0 Å². The first-order chi connectivity index (χ1) is 5.45. The molecule has 12 heavy (non-hydrogen) atoms. The number of hydrogen-bond donors (Lipinski definition) is 4. The predicted octanol–water partition coefficient (Wildman–Crippen LogP) is -1.09. The largest absolute Gasteiger partial charge is 0.473 e. The molecule has 1 unspecified atom stereocenters. The molecule has 0 saturated heterocycles. The van der Waals surface area contributed by atoms with Crippen LogP contribution in [0.3, 0.4) is 0 Å². The minimum Gasteiger partial charge on any atom is -0.473 e. The van der Waals surface area contributed by atoms with Gasteiger partial charge in [-0.3, -0.25) is 0 Å². The van der Waals surface area contributed by atoms with Crippen LogP contribution in [0.15, 0.2) is 0 Å². The molecule has 0 radical (unpaired) electrons. The maximum Gasteiger partial charge on any atom is 0.414 e. The van der Waals surface area contributed by atoms with Gasteiger partial charge in [0.25, 0.3) is 0 Å². The van der Waals surface area contributed by atoms with E-state index >= 15 is 0 Å². The maximum absolute atomic E-state index is 9.10. The second-order valence-electron chi connectivity index (χ2n) is 1.85. The number of rotatable bonds is 2. The van der Waals surface area contributed by atoms with Crippen LogP contribution in [-0.4, -0.2) is 45.1 Å². The van der Waals surface area contributed by atoms with E-state index in [9.17, 15) is 0 Å². The first kappa shape index (κ1) is 13.4. The topological polar surface area (TPSA) is 115 Å². The van der Waals surface area contributed by atoms with Gasteiger partial charge in [0, 0.05) is 0 Å². The third-order valence-corrected chi connectivity index (χ3v) is 0.865. The van der Waals surface area contributed by atoms with Crippen molar-refractivity contribution in [3.8, 4) is 0 Å². The summed E-state index contributed by atoms with van der Waals surface area (Å²) in [6.07, 6.45) is 0.126. The lowest BCUT2D eigenvalue weighted by atomic mass is 10.3. The smallest absolute Gasteiger partial charge is 0.414 e. The minimum absolute atomic E-state index is 0.115. The summed E-state index contributed by atoms with van der Waals surface area (Å²) in [6, 6.07) is 0. The van der Waals surface area contributed by atoms with E-state index in [0.717, 1.165) is 0 Å². The lowest BCUT2D eigenvalue weighted by molar-refractivity contribution is -0.159. The normalized spacial score (nSPS) is 10.9. The average Bonchev–Trinajstić information content (AvgIpc) is 2.04. The summed E-state index contributed by atoms with van der Waals surface area (Å²) in [5.74, 6) is -3.65. The van der Waals surface area contributed by atoms with E-state index in [1.54, 1.807) is 0 Å². The molecular formula is C6H12O6. The molecular weight excluding hydrogens is 168 g/mol. The van der Waals surface area contributed by atoms with Gasteiger partial charge in [0.2, 0.25) is 0 Å². The van der Waals surface area contributed by atoms with Crippen molar-refractivity contribution in [1.82, 2.24) is 0 Å². The van der Waals surface area contributed by atoms with Crippen LogP contribution in [0, 0.1) is 0 Å². The van der Waals surface area contributed by atoms with E-state index in [1.165, 1.54) is 0 Å². The Morgan fingerprint density at radius 1 is 1.25 bits per heavy atom. The van der Waals surface area contributed by atoms with Crippen molar-refractivity contribution in [1.29, 1.82) is 0 Å². The SMILES string of the molecule is CCC(O)CO.O=C(O)C(=O)O. The average molecular weight is 180 g/mol. The minimum atomic E-state index is -1.82. The third kappa shape index (κ3) is 11.6. The molecule has 1 atom stereocenters. The van der Waals surface area contributed by atoms with Crippen LogP contribution < -0.4 is 0 Å². The highest BCUT2D eigenvalue weighted by Gasteiger charge is 2.04. The van der Waals surface area contributed by atoms with Gasteiger partial charge in [0.15, 0.2) is 0 Å². The van der Waals surface area contributed by atoms with E-state index in [1.807, 2.05) is 6.92 Å². The lowest BCUT2D eigenvalue weighted by Gasteiger charge is -1.97. The molecule has 0 aromatic rings. The molecule has 72 valence electrons. The van der Waals surface area contributed by atoms with Gasteiger partial charge in [0.05, 0.1) is 12.7 Å². The van der Waals surface area contributed by atoms with Gasteiger partial charge in [-0.05, 0) is 6.42 Å². The molecule has 4 N–H and O–H groups in total. The number of carboxylic acid groups (broad SMARTS) is 2. The molecule has 6 nitrogen and oxygen atoms in total. The second kappa shape index (κ2) is 7.96. The summed E-state index contributed by atoms with van der Waals surface area (Å²) < 4.78 is 0. The zero-order chi connectivity index (χ0) is 10.1. The molecule has 0 bridgehead atoms. The summed E-state index contributed by atoms with van der Waals surface area (Å²) in [5.41, 5.74) is 0. The van der Waals surface area contributed by atoms with Crippen molar-refractivity contribution in [2.24, 2.45) is 0 Å². The van der Waals surface area contributed by atoms with Crippen LogP contribution in [0.1, 0.15) is 13.3 Å². The Bertz CT molecular complexity index is 127. The second-order valence-corrected chi connectivity index (χ2v) is 1.85. The fourth-order valence-electron chi connectivity index (χ4n) is 0.129. The molecule has 0 aromatic carbocycles. The highest BCUT2D eigenvalue weighted by atomic mass is 16.4. The van der Waals surface area contributed by atoms with Crippen molar-refractivity contribution in [2.45, 2.75) is 19.4 Å². The highest BCUT2D eigenvalue weighted by molar-refractivity contribution is 6.27. The lowest BCUT2D eigenvalue weighted by Crippen LogP contribution is -2.09. The van der Waals surface area contributed by atoms with Gasteiger partial charge in [0.1, 0.15) is 0 Å². The van der Waals surface area contributed by atoms with E-state index in [0.29, 0.717) is 6.42 Å². The molecule has 0 fully saturated rings. The third-order valence-electron chi connectivity index (χ3n) is 0.865. The van der Waals surface area contributed by atoms with Crippen LogP contribution in [0.4, 0.5) is 0 Å². The molecule has 0 aliphatic rings. The van der Waals surface area contributed by atoms with Gasteiger partial charge in [-0.2, -0.15) is 0 Å². The Labute approximate surface area is 69.1 Å². The number of aliphatic hydroxyl groups excluding tert-OH is 2. The van der Waals surface area contributed by atoms with Crippen LogP contribution in [-0.2, 0) is 9.59 Å². The van der Waals surface area contributed by atoms with E-state index in [2.05, 4.69) is 0 Å². The van der Waals surface area contributed by atoms with Crippen LogP contribution in [0.25, 0.3) is 0 Å². The summed E-state index contributed by atoms with van der Waals surface area (Å²) in [4.78, 5) is 18.2. The fourth-order valence-corrected chi connectivity index (χ4v) is 0.129. The van der Waals surface area contributed by atoms with Crippen LogP contribution in [0.5, 0.6) is 0 Å². The zero-order valence-electron chi connectivity index (χ0n) is 6.60. The van der Waals surface area contributed by atoms with Crippen molar-refractivity contribution in [3.63, 3.8) is 0 Å². The summed E-state index contributed by atoms with van der Waals surface area (Å²) in [5, 5.41) is 31.3. The van der Waals surface area contributed by atoms with Gasteiger partial charge >= 0.3 is 11.9 Å². The molecule has 0 rings (SSSR count). The van der Waals surface area contributed by atoms with Crippen LogP contribution in [0.2, 0.25) is 0 Å². The molecule has 0 aliphatic heterocycles. The number of aliphatic carboxylic acids is 2. The quantitative estimate of drug-likeness (QED) is 0.401. The Hall–Kier alpha value is -1.14. The van der Waals surface area contributed by atoms with E-state index < -0.39 is 18.0 Å². The molecule has 0 heterocycles. The highest BCUT2D eigenvalue weighted by Crippen LogP contribution is 1.83. The first-order valence-corrected chi connectivity index (χ1v) is 3.20. The predicted molar refractivity (Wildman–Crippen MR) is 38.7 cm³/mol. The number of aliphatic hydroxyl groups is 2. The van der Waals surface area contributed by atoms with Gasteiger partial charge in [-0.1, -0.05) is 6.92 Å². The Kier molecular flexibility index (Phi) is 8.92. The Balaban J connectivity index is 0. The van der Waals surface area contributed by atoms with E-state index in [-0.39, 0.29) is 6.61 Å². The van der Waals surface area contributed by atoms with Crippen molar-refractivity contribution in [3.05, 3.63) is 0 Å². The van der Waals surface area contributed by atoms with Crippen molar-refractivity contribution >= 4 is 11.9 Å².